The molecule has 2 heterocycles. The molecular formula is C38H23NO. The van der Waals surface area contributed by atoms with Gasteiger partial charge in [0.15, 0.2) is 0 Å². The molecule has 9 rings (SSSR count). The van der Waals surface area contributed by atoms with Crippen LogP contribution in [0.5, 0.6) is 0 Å². The van der Waals surface area contributed by atoms with E-state index in [2.05, 4.69) is 132 Å². The number of aromatic nitrogens is 1. The van der Waals surface area contributed by atoms with Crippen LogP contribution < -0.4 is 0 Å². The summed E-state index contributed by atoms with van der Waals surface area (Å²) in [6.07, 6.45) is 0. The Kier molecular flexibility index (Phi) is 4.36. The smallest absolute Gasteiger partial charge is 0.136 e. The lowest BCUT2D eigenvalue weighted by Crippen LogP contribution is -1.93. The Labute approximate surface area is 230 Å². The zero-order chi connectivity index (χ0) is 26.2. The van der Waals surface area contributed by atoms with Crippen LogP contribution in [0.3, 0.4) is 0 Å². The fourth-order valence-corrected chi connectivity index (χ4v) is 6.56. The summed E-state index contributed by atoms with van der Waals surface area (Å²) in [5.41, 5.74) is 7.85. The second kappa shape index (κ2) is 8.08. The average molecular weight is 510 g/mol. The van der Waals surface area contributed by atoms with Gasteiger partial charge in [0.25, 0.3) is 0 Å². The van der Waals surface area contributed by atoms with E-state index in [1.165, 1.54) is 54.6 Å². The lowest BCUT2D eigenvalue weighted by molar-refractivity contribution is 0.669. The van der Waals surface area contributed by atoms with E-state index in [-0.39, 0.29) is 0 Å². The third kappa shape index (κ3) is 2.99. The van der Waals surface area contributed by atoms with Gasteiger partial charge in [0.2, 0.25) is 0 Å². The molecule has 7 aromatic carbocycles. The molecule has 2 heteroatoms. The van der Waals surface area contributed by atoms with E-state index < -0.39 is 0 Å². The molecule has 2 nitrogen and oxygen atoms in total. The summed E-state index contributed by atoms with van der Waals surface area (Å²) in [6, 6.07) is 50.2. The molecule has 2 aromatic heterocycles. The second-order valence-corrected chi connectivity index (χ2v) is 10.6. The normalized spacial score (nSPS) is 12.0. The van der Waals surface area contributed by atoms with Crippen LogP contribution in [0, 0.1) is 0 Å². The van der Waals surface area contributed by atoms with Crippen molar-refractivity contribution in [2.24, 2.45) is 0 Å². The standard InChI is InChI=1S/C38H23NO/c1-2-10-26(11-3-1)39-35-16-8-6-14-29(35)34-21-25-20-32(27-12-4-5-13-28(27)33(25)23-36(34)39)24-18-19-31-30-15-7-9-17-37(30)40-38(31)22-24/h1-23H. The summed E-state index contributed by atoms with van der Waals surface area (Å²) >= 11 is 0. The number of rotatable bonds is 2. The van der Waals surface area contributed by atoms with Gasteiger partial charge in [0.05, 0.1) is 11.0 Å². The first kappa shape index (κ1) is 21.6. The number of nitrogens with zero attached hydrogens (tertiary/aromatic N) is 1. The quantitative estimate of drug-likeness (QED) is 0.212. The van der Waals surface area contributed by atoms with Crippen molar-refractivity contribution in [1.29, 1.82) is 0 Å². The van der Waals surface area contributed by atoms with Gasteiger partial charge < -0.3 is 8.98 Å². The lowest BCUT2D eigenvalue weighted by Gasteiger charge is -2.13. The van der Waals surface area contributed by atoms with Crippen LogP contribution in [0.4, 0.5) is 0 Å². The summed E-state index contributed by atoms with van der Waals surface area (Å²) in [5.74, 6) is 0. The lowest BCUT2D eigenvalue weighted by atomic mass is 9.92. The van der Waals surface area contributed by atoms with Crippen LogP contribution in [0.2, 0.25) is 0 Å². The first-order chi connectivity index (χ1) is 19.8. The molecule has 0 aliphatic heterocycles. The first-order valence-electron chi connectivity index (χ1n) is 13.7. The second-order valence-electron chi connectivity index (χ2n) is 10.6. The van der Waals surface area contributed by atoms with Crippen LogP contribution in [0.1, 0.15) is 0 Å². The van der Waals surface area contributed by atoms with E-state index in [4.69, 9.17) is 4.42 Å². The molecule has 0 amide bonds. The maximum absolute atomic E-state index is 6.26. The number of fused-ring (bicyclic) bond motifs is 9. The van der Waals surface area contributed by atoms with Gasteiger partial charge in [-0.3, -0.25) is 0 Å². The predicted octanol–water partition coefficient (Wildman–Crippen LogP) is 10.7. The van der Waals surface area contributed by atoms with Crippen molar-refractivity contribution in [2.45, 2.75) is 0 Å². The molecule has 0 aliphatic carbocycles. The highest BCUT2D eigenvalue weighted by Crippen LogP contribution is 2.41. The topological polar surface area (TPSA) is 18.1 Å². The fourth-order valence-electron chi connectivity index (χ4n) is 6.56. The van der Waals surface area contributed by atoms with Crippen molar-refractivity contribution < 1.29 is 4.42 Å². The van der Waals surface area contributed by atoms with E-state index in [0.29, 0.717) is 0 Å². The predicted molar refractivity (Wildman–Crippen MR) is 169 cm³/mol. The third-order valence-electron chi connectivity index (χ3n) is 8.36. The Morgan fingerprint density at radius 3 is 1.98 bits per heavy atom. The highest BCUT2D eigenvalue weighted by atomic mass is 16.3. The number of para-hydroxylation sites is 3. The van der Waals surface area contributed by atoms with Gasteiger partial charge in [-0.2, -0.15) is 0 Å². The molecule has 0 radical (unpaired) electrons. The van der Waals surface area contributed by atoms with Gasteiger partial charge in [-0.15, -0.1) is 0 Å². The van der Waals surface area contributed by atoms with Crippen LogP contribution in [-0.2, 0) is 0 Å². The molecule has 0 fully saturated rings. The fraction of sp³-hybridized carbons (Fsp3) is 0. The van der Waals surface area contributed by atoms with Crippen molar-refractivity contribution >= 4 is 65.3 Å². The monoisotopic (exact) mass is 509 g/mol. The molecule has 9 aromatic rings. The molecule has 0 aliphatic rings. The average Bonchev–Trinajstić information content (AvgIpc) is 3.55. The molecular weight excluding hydrogens is 486 g/mol. The van der Waals surface area contributed by atoms with Gasteiger partial charge in [-0.25, -0.2) is 0 Å². The van der Waals surface area contributed by atoms with Crippen LogP contribution in [-0.4, -0.2) is 4.57 Å². The Morgan fingerprint density at radius 1 is 0.400 bits per heavy atom. The van der Waals surface area contributed by atoms with E-state index in [0.717, 1.165) is 27.5 Å². The molecule has 186 valence electrons. The van der Waals surface area contributed by atoms with E-state index in [9.17, 15) is 0 Å². The van der Waals surface area contributed by atoms with E-state index in [1.807, 2.05) is 12.1 Å². The minimum atomic E-state index is 0.921. The summed E-state index contributed by atoms with van der Waals surface area (Å²) < 4.78 is 8.65. The molecule has 40 heavy (non-hydrogen) atoms. The van der Waals surface area contributed by atoms with Crippen molar-refractivity contribution in [3.8, 4) is 16.8 Å². The zero-order valence-corrected chi connectivity index (χ0v) is 21.6. The van der Waals surface area contributed by atoms with E-state index in [1.54, 1.807) is 0 Å². The highest BCUT2D eigenvalue weighted by molar-refractivity contribution is 6.21. The van der Waals surface area contributed by atoms with Crippen molar-refractivity contribution in [3.05, 3.63) is 140 Å². The molecule has 0 saturated heterocycles. The molecule has 0 atom stereocenters. The summed E-state index contributed by atoms with van der Waals surface area (Å²) in [4.78, 5) is 0. The minimum absolute atomic E-state index is 0.921. The maximum Gasteiger partial charge on any atom is 0.136 e. The van der Waals surface area contributed by atoms with Gasteiger partial charge in [-0.1, -0.05) is 84.9 Å². The number of hydrogen-bond donors (Lipinski definition) is 0. The SMILES string of the molecule is c1ccc(-n2c3ccccc3c3cc4cc(-c5ccc6c(c5)oc5ccccc56)c5ccccc5c4cc32)cc1. The molecule has 0 spiro atoms. The number of hydrogen-bond acceptors (Lipinski definition) is 1. The van der Waals surface area contributed by atoms with E-state index >= 15 is 0 Å². The minimum Gasteiger partial charge on any atom is -0.456 e. The summed E-state index contributed by atoms with van der Waals surface area (Å²) in [6.45, 7) is 0. The van der Waals surface area contributed by atoms with Crippen molar-refractivity contribution in [1.82, 2.24) is 4.57 Å². The van der Waals surface area contributed by atoms with Gasteiger partial charge in [-0.05, 0) is 87.3 Å². The van der Waals surface area contributed by atoms with Crippen molar-refractivity contribution in [2.75, 3.05) is 0 Å². The summed E-state index contributed by atoms with van der Waals surface area (Å²) in [5, 5.41) is 9.84. The molecule has 0 unspecified atom stereocenters. The summed E-state index contributed by atoms with van der Waals surface area (Å²) in [7, 11) is 0. The zero-order valence-electron chi connectivity index (χ0n) is 21.6. The van der Waals surface area contributed by atoms with Gasteiger partial charge in [0.1, 0.15) is 11.2 Å². The number of furan rings is 1. The molecule has 0 N–H and O–H groups in total. The Balaban J connectivity index is 1.37. The van der Waals surface area contributed by atoms with Gasteiger partial charge >= 0.3 is 0 Å². The Hall–Kier alpha value is -5.34. The Morgan fingerprint density at radius 2 is 1.10 bits per heavy atom. The first-order valence-corrected chi connectivity index (χ1v) is 13.7. The maximum atomic E-state index is 6.26. The van der Waals surface area contributed by atoms with Crippen molar-refractivity contribution in [3.63, 3.8) is 0 Å². The Bertz CT molecular complexity index is 2420. The third-order valence-corrected chi connectivity index (χ3v) is 8.36. The number of benzene rings is 7. The van der Waals surface area contributed by atoms with Crippen LogP contribution >= 0.6 is 0 Å². The molecule has 0 saturated carbocycles. The van der Waals surface area contributed by atoms with Crippen LogP contribution in [0.15, 0.2) is 144 Å². The largest absolute Gasteiger partial charge is 0.456 e. The molecule has 0 bridgehead atoms. The van der Waals surface area contributed by atoms with Gasteiger partial charge in [0, 0.05) is 27.2 Å². The van der Waals surface area contributed by atoms with Crippen LogP contribution in [0.25, 0.3) is 82.1 Å². The highest BCUT2D eigenvalue weighted by Gasteiger charge is 2.16.